The number of Topliss-reactive ketones (excluding diaryl/α,β-unsaturated/α-hetero) is 1. The van der Waals surface area contributed by atoms with E-state index in [0.29, 0.717) is 25.8 Å². The molecule has 0 spiro atoms. The lowest BCUT2D eigenvalue weighted by Gasteiger charge is -2.40. The van der Waals surface area contributed by atoms with Gasteiger partial charge in [-0.05, 0) is 47.8 Å². The standard InChI is InChI=1S/C32H53N5O7S/c1-17(2)22(20-13-10-14-45(20,43)44)35-29(42)36-24(30(3,4)5)28(41)37-16-21-31(6,7)32(21,8)25(37)27(40)34-19(23(38)26(33)39)15-18-11-9-12-18/h17-22,24-25H,9-16H2,1-8H3,(H2,33,39)(H,34,40)(H2,35,36,42)/t19?,20?,21?,22?,24-,25-,32+/m1/s1. The van der Waals surface area contributed by atoms with Crippen molar-refractivity contribution in [3.8, 4) is 0 Å². The van der Waals surface area contributed by atoms with E-state index in [1.54, 1.807) is 0 Å². The lowest BCUT2D eigenvalue weighted by atomic mass is 9.79. The number of primary amides is 1. The molecule has 0 aromatic carbocycles. The summed E-state index contributed by atoms with van der Waals surface area (Å²) in [6.45, 7) is 15.5. The lowest BCUT2D eigenvalue weighted by Crippen LogP contribution is -2.63. The van der Waals surface area contributed by atoms with Crippen LogP contribution < -0.4 is 21.7 Å². The second kappa shape index (κ2) is 12.2. The number of nitrogens with one attached hydrogen (secondary N) is 3. The molecular weight excluding hydrogens is 598 g/mol. The van der Waals surface area contributed by atoms with Crippen LogP contribution in [-0.4, -0.2) is 84.6 Å². The Balaban J connectivity index is 1.57. The fraction of sp³-hybridized carbons (Fsp3) is 0.844. The van der Waals surface area contributed by atoms with Gasteiger partial charge in [0.1, 0.15) is 12.1 Å². The van der Waals surface area contributed by atoms with Gasteiger partial charge in [-0.15, -0.1) is 0 Å². The highest BCUT2D eigenvalue weighted by Crippen LogP contribution is 2.74. The van der Waals surface area contributed by atoms with Gasteiger partial charge >= 0.3 is 6.03 Å². The summed E-state index contributed by atoms with van der Waals surface area (Å²) in [5.41, 5.74) is 3.72. The van der Waals surface area contributed by atoms with Gasteiger partial charge in [0, 0.05) is 18.0 Å². The number of piperidine rings is 1. The van der Waals surface area contributed by atoms with Crippen LogP contribution in [-0.2, 0) is 29.0 Å². The topological polar surface area (TPSA) is 185 Å². The van der Waals surface area contributed by atoms with Crippen LogP contribution in [0.15, 0.2) is 0 Å². The van der Waals surface area contributed by atoms with Gasteiger partial charge in [0.2, 0.25) is 17.6 Å². The van der Waals surface area contributed by atoms with E-state index in [0.717, 1.165) is 19.3 Å². The number of carbonyl (C=O) groups is 5. The van der Waals surface area contributed by atoms with Crippen molar-refractivity contribution in [2.24, 2.45) is 39.7 Å². The van der Waals surface area contributed by atoms with E-state index in [4.69, 9.17) is 5.73 Å². The molecule has 4 rings (SSSR count). The number of nitrogens with two attached hydrogens (primary N) is 1. The Kier molecular flexibility index (Phi) is 9.49. The molecule has 5 N–H and O–H groups in total. The minimum Gasteiger partial charge on any atom is -0.363 e. The number of sulfone groups is 1. The summed E-state index contributed by atoms with van der Waals surface area (Å²) in [6.07, 6.45) is 4.17. The van der Waals surface area contributed by atoms with Gasteiger partial charge < -0.3 is 26.6 Å². The SMILES string of the molecule is CC(C)C(NC(=O)N[C@H](C(=O)N1CC2C(C)(C)[C@]2(C)[C@H]1C(=O)NC(CC1CCC1)C(=O)C(N)=O)C(C)(C)C)C1CCCS1(=O)=O. The second-order valence-corrected chi connectivity index (χ2v) is 18.3. The van der Waals surface area contributed by atoms with Crippen molar-refractivity contribution in [3.05, 3.63) is 0 Å². The molecule has 2 saturated carbocycles. The maximum absolute atomic E-state index is 14.4. The molecule has 0 bridgehead atoms. The number of hydrogen-bond donors (Lipinski definition) is 4. The van der Waals surface area contributed by atoms with Gasteiger partial charge in [-0.25, -0.2) is 13.2 Å². The first kappa shape index (κ1) is 35.2. The summed E-state index contributed by atoms with van der Waals surface area (Å²) in [5, 5.41) is 7.79. The molecule has 0 radical (unpaired) electrons. The van der Waals surface area contributed by atoms with Crippen LogP contribution in [0.4, 0.5) is 4.79 Å². The van der Waals surface area contributed by atoms with E-state index in [2.05, 4.69) is 29.8 Å². The third kappa shape index (κ3) is 6.47. The van der Waals surface area contributed by atoms with Crippen LogP contribution in [0.3, 0.4) is 0 Å². The molecule has 2 aliphatic heterocycles. The van der Waals surface area contributed by atoms with E-state index in [1.165, 1.54) is 4.90 Å². The molecule has 2 aliphatic carbocycles. The molecule has 45 heavy (non-hydrogen) atoms. The Labute approximate surface area is 267 Å². The number of fused-ring (bicyclic) bond motifs is 1. The molecule has 0 aromatic rings. The van der Waals surface area contributed by atoms with Gasteiger partial charge in [0.15, 0.2) is 9.84 Å². The van der Waals surface area contributed by atoms with Crippen molar-refractivity contribution in [1.82, 2.24) is 20.9 Å². The first-order valence-corrected chi connectivity index (χ1v) is 18.1. The molecule has 5 amide bonds. The zero-order valence-electron chi connectivity index (χ0n) is 28.1. The molecule has 4 fully saturated rings. The number of nitrogens with zero attached hydrogens (tertiary/aromatic N) is 1. The largest absolute Gasteiger partial charge is 0.363 e. The molecule has 2 saturated heterocycles. The van der Waals surface area contributed by atoms with Gasteiger partial charge in [-0.2, -0.15) is 0 Å². The summed E-state index contributed by atoms with van der Waals surface area (Å²) in [5.74, 6) is -2.75. The fourth-order valence-electron chi connectivity index (χ4n) is 8.12. The average molecular weight is 652 g/mol. The van der Waals surface area contributed by atoms with E-state index >= 15 is 0 Å². The minimum atomic E-state index is -3.34. The fourth-order valence-corrected chi connectivity index (χ4v) is 10.3. The average Bonchev–Trinajstić information content (AvgIpc) is 3.20. The van der Waals surface area contributed by atoms with Crippen LogP contribution in [0.5, 0.6) is 0 Å². The normalized spacial score (nSPS) is 30.4. The van der Waals surface area contributed by atoms with Gasteiger partial charge in [0.25, 0.3) is 5.91 Å². The molecule has 4 aliphatic rings. The predicted octanol–water partition coefficient (Wildman–Crippen LogP) is 1.90. The Morgan fingerprint density at radius 3 is 2.04 bits per heavy atom. The number of ketones is 1. The summed E-state index contributed by atoms with van der Waals surface area (Å²) in [4.78, 5) is 68.0. The highest BCUT2D eigenvalue weighted by molar-refractivity contribution is 7.92. The van der Waals surface area contributed by atoms with Crippen molar-refractivity contribution in [2.75, 3.05) is 12.3 Å². The third-order valence-electron chi connectivity index (χ3n) is 11.5. The van der Waals surface area contributed by atoms with Crippen molar-refractivity contribution < 1.29 is 32.4 Å². The van der Waals surface area contributed by atoms with E-state index in [1.807, 2.05) is 41.5 Å². The number of rotatable bonds is 11. The van der Waals surface area contributed by atoms with Crippen molar-refractivity contribution in [1.29, 1.82) is 0 Å². The monoisotopic (exact) mass is 651 g/mol. The first-order valence-electron chi connectivity index (χ1n) is 16.4. The van der Waals surface area contributed by atoms with E-state index in [9.17, 15) is 32.4 Å². The highest BCUT2D eigenvalue weighted by Gasteiger charge is 2.78. The molecular formula is C32H53N5O7S. The minimum absolute atomic E-state index is 0.00830. The maximum Gasteiger partial charge on any atom is 0.315 e. The number of likely N-dealkylation sites (tertiary alicyclic amines) is 1. The molecule has 13 heteroatoms. The summed E-state index contributed by atoms with van der Waals surface area (Å²) in [6, 6.07) is -4.31. The smallest absolute Gasteiger partial charge is 0.315 e. The van der Waals surface area contributed by atoms with Gasteiger partial charge in [-0.1, -0.05) is 74.7 Å². The number of carbonyl (C=O) groups excluding carboxylic acids is 5. The van der Waals surface area contributed by atoms with E-state index < -0.39 is 79.6 Å². The summed E-state index contributed by atoms with van der Waals surface area (Å²) in [7, 11) is -3.34. The number of urea groups is 1. The summed E-state index contributed by atoms with van der Waals surface area (Å²) >= 11 is 0. The zero-order valence-corrected chi connectivity index (χ0v) is 28.9. The number of amides is 5. The highest BCUT2D eigenvalue weighted by atomic mass is 32.2. The molecule has 254 valence electrons. The van der Waals surface area contributed by atoms with Crippen molar-refractivity contribution >= 4 is 39.4 Å². The number of hydrogen-bond acceptors (Lipinski definition) is 7. The van der Waals surface area contributed by atoms with Crippen molar-refractivity contribution in [2.45, 2.75) is 123 Å². The van der Waals surface area contributed by atoms with Crippen LogP contribution in [0.25, 0.3) is 0 Å². The maximum atomic E-state index is 14.4. The van der Waals surface area contributed by atoms with Crippen LogP contribution in [0.1, 0.15) is 93.9 Å². The van der Waals surface area contributed by atoms with Crippen LogP contribution in [0, 0.1) is 34.0 Å². The predicted molar refractivity (Wildman–Crippen MR) is 169 cm³/mol. The first-order chi connectivity index (χ1) is 20.6. The van der Waals surface area contributed by atoms with Crippen molar-refractivity contribution in [3.63, 3.8) is 0 Å². The Hall–Kier alpha value is -2.70. The van der Waals surface area contributed by atoms with Crippen LogP contribution >= 0.6 is 0 Å². The molecule has 12 nitrogen and oxygen atoms in total. The zero-order chi connectivity index (χ0) is 33.9. The van der Waals surface area contributed by atoms with Gasteiger partial charge in [-0.3, -0.25) is 19.2 Å². The lowest BCUT2D eigenvalue weighted by molar-refractivity contribution is -0.146. The molecule has 2 heterocycles. The quantitative estimate of drug-likeness (QED) is 0.246. The Morgan fingerprint density at radius 2 is 1.58 bits per heavy atom. The second-order valence-electron chi connectivity index (χ2n) is 16.0. The Bertz CT molecular complexity index is 1340. The molecule has 0 aromatic heterocycles. The molecule has 7 atom stereocenters. The van der Waals surface area contributed by atoms with E-state index in [-0.39, 0.29) is 28.9 Å². The van der Waals surface area contributed by atoms with Crippen LogP contribution in [0.2, 0.25) is 0 Å². The van der Waals surface area contributed by atoms with Gasteiger partial charge in [0.05, 0.1) is 17.0 Å². The summed E-state index contributed by atoms with van der Waals surface area (Å²) < 4.78 is 25.4. The molecule has 4 unspecified atom stereocenters. The Morgan fingerprint density at radius 1 is 0.956 bits per heavy atom. The third-order valence-corrected chi connectivity index (χ3v) is 13.9.